The molecule has 0 aliphatic rings. The highest BCUT2D eigenvalue weighted by molar-refractivity contribution is 8.01. The molecular formula is C10H14N2O3S. The first kappa shape index (κ1) is 12.8. The zero-order chi connectivity index (χ0) is 12.1. The summed E-state index contributed by atoms with van der Waals surface area (Å²) < 4.78 is 6.59. The van der Waals surface area contributed by atoms with E-state index in [0.717, 1.165) is 11.8 Å². The summed E-state index contributed by atoms with van der Waals surface area (Å²) in [6, 6.07) is 0. The summed E-state index contributed by atoms with van der Waals surface area (Å²) in [5.74, 6) is -0.741. The largest absolute Gasteiger partial charge is 0.465 e. The van der Waals surface area contributed by atoms with Gasteiger partial charge in [0.1, 0.15) is 0 Å². The summed E-state index contributed by atoms with van der Waals surface area (Å²) >= 11 is 1.11. The molecule has 0 aliphatic heterocycles. The van der Waals surface area contributed by atoms with Crippen LogP contribution in [0.25, 0.3) is 0 Å². The Morgan fingerprint density at radius 1 is 1.62 bits per heavy atom. The second-order valence-corrected chi connectivity index (χ2v) is 4.25. The predicted octanol–water partition coefficient (Wildman–Crippen LogP) is 1.03. The molecule has 1 aromatic heterocycles. The van der Waals surface area contributed by atoms with Crippen molar-refractivity contribution >= 4 is 23.5 Å². The number of aromatic nitrogens is 2. The van der Waals surface area contributed by atoms with Crippen molar-refractivity contribution in [2.24, 2.45) is 7.05 Å². The van der Waals surface area contributed by atoms with Crippen LogP contribution in [0.3, 0.4) is 0 Å². The number of nitrogens with zero attached hydrogens (tertiary/aromatic N) is 2. The fourth-order valence-corrected chi connectivity index (χ4v) is 1.98. The van der Waals surface area contributed by atoms with E-state index in [4.69, 9.17) is 4.74 Å². The number of carbonyl (C=O) groups excluding carboxylic acids is 2. The average molecular weight is 242 g/mol. The molecule has 1 atom stereocenters. The number of aryl methyl sites for hydroxylation is 1. The third-order valence-electron chi connectivity index (χ3n) is 1.87. The lowest BCUT2D eigenvalue weighted by Gasteiger charge is -2.11. The number of rotatable bonds is 5. The van der Waals surface area contributed by atoms with Crippen molar-refractivity contribution in [1.82, 2.24) is 9.55 Å². The van der Waals surface area contributed by atoms with E-state index in [1.54, 1.807) is 30.9 Å². The Labute approximate surface area is 98.2 Å². The van der Waals surface area contributed by atoms with Crippen molar-refractivity contribution in [3.05, 3.63) is 12.4 Å². The van der Waals surface area contributed by atoms with Crippen LogP contribution in [-0.2, 0) is 21.4 Å². The van der Waals surface area contributed by atoms with Gasteiger partial charge in [-0.3, -0.25) is 9.59 Å². The van der Waals surface area contributed by atoms with Gasteiger partial charge in [-0.25, -0.2) is 4.98 Å². The van der Waals surface area contributed by atoms with E-state index in [9.17, 15) is 9.59 Å². The molecule has 0 spiro atoms. The molecule has 1 aromatic rings. The van der Waals surface area contributed by atoms with Gasteiger partial charge in [0.25, 0.3) is 0 Å². The maximum absolute atomic E-state index is 11.5. The molecule has 0 aliphatic carbocycles. The minimum absolute atomic E-state index is 0.230. The highest BCUT2D eigenvalue weighted by atomic mass is 32.2. The Morgan fingerprint density at radius 3 is 2.75 bits per heavy atom. The second kappa shape index (κ2) is 5.69. The van der Waals surface area contributed by atoms with Crippen molar-refractivity contribution in [2.75, 3.05) is 6.61 Å². The first-order chi connectivity index (χ1) is 7.56. The van der Waals surface area contributed by atoms with Gasteiger partial charge < -0.3 is 9.30 Å². The summed E-state index contributed by atoms with van der Waals surface area (Å²) in [7, 11) is 1.80. The Morgan fingerprint density at radius 2 is 2.31 bits per heavy atom. The molecule has 1 rings (SSSR count). The second-order valence-electron chi connectivity index (χ2n) is 3.18. The Balaban J connectivity index is 2.76. The Hall–Kier alpha value is -1.30. The maximum atomic E-state index is 11.5. The van der Waals surface area contributed by atoms with Crippen LogP contribution in [-0.4, -0.2) is 33.2 Å². The molecule has 0 bridgehead atoms. The lowest BCUT2D eigenvalue weighted by atomic mass is 10.3. The molecule has 0 saturated carbocycles. The standard InChI is InChI=1S/C10H14N2O3S/c1-4-15-9(14)8(7(2)13)16-10-11-5-6-12(10)3/h5-6,8H,4H2,1-3H3. The lowest BCUT2D eigenvalue weighted by molar-refractivity contribution is -0.144. The molecule has 0 fully saturated rings. The third kappa shape index (κ3) is 3.10. The average Bonchev–Trinajstić information content (AvgIpc) is 2.60. The summed E-state index contributed by atoms with van der Waals surface area (Å²) in [6.07, 6.45) is 3.37. The molecule has 6 heteroatoms. The highest BCUT2D eigenvalue weighted by Crippen LogP contribution is 2.22. The quantitative estimate of drug-likeness (QED) is 0.438. The van der Waals surface area contributed by atoms with Gasteiger partial charge in [0, 0.05) is 19.4 Å². The minimum Gasteiger partial charge on any atom is -0.465 e. The van der Waals surface area contributed by atoms with Crippen molar-refractivity contribution in [3.63, 3.8) is 0 Å². The van der Waals surface area contributed by atoms with Crippen LogP contribution in [0.5, 0.6) is 0 Å². The first-order valence-corrected chi connectivity index (χ1v) is 5.75. The first-order valence-electron chi connectivity index (χ1n) is 4.87. The molecule has 16 heavy (non-hydrogen) atoms. The number of ketones is 1. The van der Waals surface area contributed by atoms with Crippen molar-refractivity contribution in [3.8, 4) is 0 Å². The monoisotopic (exact) mass is 242 g/mol. The number of Topliss-reactive ketones (excluding diaryl/α,β-unsaturated/α-hetero) is 1. The van der Waals surface area contributed by atoms with Gasteiger partial charge in [-0.15, -0.1) is 0 Å². The van der Waals surface area contributed by atoms with Gasteiger partial charge in [0.2, 0.25) is 0 Å². The van der Waals surface area contributed by atoms with Crippen LogP contribution in [0, 0.1) is 0 Å². The molecule has 5 nitrogen and oxygen atoms in total. The van der Waals surface area contributed by atoms with Gasteiger partial charge in [-0.05, 0) is 13.8 Å². The van der Waals surface area contributed by atoms with Crippen LogP contribution in [0.4, 0.5) is 0 Å². The number of esters is 1. The summed E-state index contributed by atoms with van der Waals surface area (Å²) in [6.45, 7) is 3.35. The Kier molecular flexibility index (Phi) is 4.54. The topological polar surface area (TPSA) is 61.2 Å². The number of carbonyl (C=O) groups is 2. The molecule has 88 valence electrons. The van der Waals surface area contributed by atoms with Gasteiger partial charge in [0.15, 0.2) is 16.2 Å². The molecule has 0 N–H and O–H groups in total. The molecule has 0 radical (unpaired) electrons. The van der Waals surface area contributed by atoms with E-state index in [-0.39, 0.29) is 12.4 Å². The van der Waals surface area contributed by atoms with E-state index in [2.05, 4.69) is 4.98 Å². The van der Waals surface area contributed by atoms with Crippen molar-refractivity contribution < 1.29 is 14.3 Å². The molecule has 0 aromatic carbocycles. The lowest BCUT2D eigenvalue weighted by Crippen LogP contribution is -2.27. The number of imidazole rings is 1. The number of hydrogen-bond acceptors (Lipinski definition) is 5. The molecule has 1 unspecified atom stereocenters. The molecular weight excluding hydrogens is 228 g/mol. The normalized spacial score (nSPS) is 12.2. The number of ether oxygens (including phenoxy) is 1. The SMILES string of the molecule is CCOC(=O)C(Sc1nccn1C)C(C)=O. The molecule has 0 saturated heterocycles. The van der Waals surface area contributed by atoms with Crippen LogP contribution in [0.1, 0.15) is 13.8 Å². The minimum atomic E-state index is -0.832. The van der Waals surface area contributed by atoms with Crippen LogP contribution in [0.15, 0.2) is 17.6 Å². The molecule has 0 amide bonds. The summed E-state index contributed by atoms with van der Waals surface area (Å²) in [5.41, 5.74) is 0. The van der Waals surface area contributed by atoms with Gasteiger partial charge in [0.05, 0.1) is 6.61 Å². The summed E-state index contributed by atoms with van der Waals surface area (Å²) in [5, 5.41) is -0.214. The third-order valence-corrected chi connectivity index (χ3v) is 3.23. The van der Waals surface area contributed by atoms with E-state index in [1.165, 1.54) is 6.92 Å². The van der Waals surface area contributed by atoms with Crippen molar-refractivity contribution in [2.45, 2.75) is 24.3 Å². The fourth-order valence-electron chi connectivity index (χ4n) is 1.09. The van der Waals surface area contributed by atoms with E-state index < -0.39 is 11.2 Å². The van der Waals surface area contributed by atoms with Crippen LogP contribution >= 0.6 is 11.8 Å². The fraction of sp³-hybridized carbons (Fsp3) is 0.500. The van der Waals surface area contributed by atoms with Gasteiger partial charge in [-0.1, -0.05) is 11.8 Å². The van der Waals surface area contributed by atoms with E-state index in [0.29, 0.717) is 5.16 Å². The molecule has 1 heterocycles. The van der Waals surface area contributed by atoms with Gasteiger partial charge >= 0.3 is 5.97 Å². The van der Waals surface area contributed by atoms with Crippen LogP contribution in [0.2, 0.25) is 0 Å². The smallest absolute Gasteiger partial charge is 0.327 e. The maximum Gasteiger partial charge on any atom is 0.327 e. The zero-order valence-corrected chi connectivity index (χ0v) is 10.3. The Bertz CT molecular complexity index is 389. The van der Waals surface area contributed by atoms with E-state index >= 15 is 0 Å². The number of hydrogen-bond donors (Lipinski definition) is 0. The number of thioether (sulfide) groups is 1. The zero-order valence-electron chi connectivity index (χ0n) is 9.47. The van der Waals surface area contributed by atoms with E-state index in [1.807, 2.05) is 0 Å². The van der Waals surface area contributed by atoms with Crippen molar-refractivity contribution in [1.29, 1.82) is 0 Å². The van der Waals surface area contributed by atoms with Gasteiger partial charge in [-0.2, -0.15) is 0 Å². The highest BCUT2D eigenvalue weighted by Gasteiger charge is 2.27. The summed E-state index contributed by atoms with van der Waals surface area (Å²) in [4.78, 5) is 26.9. The van der Waals surface area contributed by atoms with Crippen LogP contribution < -0.4 is 0 Å². The predicted molar refractivity (Wildman–Crippen MR) is 60.2 cm³/mol.